The third kappa shape index (κ3) is 2.73. The Morgan fingerprint density at radius 1 is 1.36 bits per heavy atom. The van der Waals surface area contributed by atoms with Gasteiger partial charge in [0.15, 0.2) is 0 Å². The van der Waals surface area contributed by atoms with E-state index in [1.54, 1.807) is 11.0 Å². The van der Waals surface area contributed by atoms with E-state index in [9.17, 15) is 9.59 Å². The Hall–Kier alpha value is -2.60. The van der Waals surface area contributed by atoms with Crippen molar-refractivity contribution in [3.05, 3.63) is 54.0 Å². The first-order valence-corrected chi connectivity index (χ1v) is 7.14. The molecule has 1 aliphatic heterocycles. The summed E-state index contributed by atoms with van der Waals surface area (Å²) in [5.74, 6) is 0.118. The van der Waals surface area contributed by atoms with E-state index >= 15 is 0 Å². The van der Waals surface area contributed by atoms with Gasteiger partial charge in [-0.1, -0.05) is 18.2 Å². The molecule has 1 fully saturated rings. The first-order valence-electron chi connectivity index (χ1n) is 7.14. The van der Waals surface area contributed by atoms with Gasteiger partial charge in [0.25, 0.3) is 5.91 Å². The molecule has 2 amide bonds. The average Bonchev–Trinajstić information content (AvgIpc) is 3.16. The lowest BCUT2D eigenvalue weighted by Gasteiger charge is -2.16. The summed E-state index contributed by atoms with van der Waals surface area (Å²) in [5, 5.41) is 2.75. The zero-order chi connectivity index (χ0) is 15.5. The van der Waals surface area contributed by atoms with Crippen molar-refractivity contribution in [2.75, 3.05) is 11.4 Å². The van der Waals surface area contributed by atoms with Crippen LogP contribution in [0, 0.1) is 0 Å². The highest BCUT2D eigenvalue weighted by Crippen LogP contribution is 2.21. The number of carbonyl (C=O) groups excluding carboxylic acids is 2. The third-order valence-corrected chi connectivity index (χ3v) is 3.70. The van der Waals surface area contributed by atoms with E-state index < -0.39 is 6.04 Å². The van der Waals surface area contributed by atoms with Crippen LogP contribution in [-0.4, -0.2) is 24.4 Å². The van der Waals surface area contributed by atoms with Crippen LogP contribution in [0.15, 0.2) is 47.1 Å². The number of hydrogen-bond acceptors (Lipinski definition) is 4. The predicted molar refractivity (Wildman–Crippen MR) is 81.3 cm³/mol. The summed E-state index contributed by atoms with van der Waals surface area (Å²) in [6.07, 6.45) is 1.94. The molecular weight excluding hydrogens is 282 g/mol. The average molecular weight is 299 g/mol. The summed E-state index contributed by atoms with van der Waals surface area (Å²) >= 11 is 0. The number of anilines is 1. The van der Waals surface area contributed by atoms with Gasteiger partial charge in [0.2, 0.25) is 5.91 Å². The van der Waals surface area contributed by atoms with Crippen molar-refractivity contribution in [2.45, 2.75) is 19.0 Å². The SMILES string of the molecule is NCc1cc(C(=O)NC2CCN(c3ccccc3)C2=O)co1. The number of carbonyl (C=O) groups is 2. The highest BCUT2D eigenvalue weighted by molar-refractivity contribution is 6.03. The van der Waals surface area contributed by atoms with Crippen LogP contribution in [0.3, 0.4) is 0 Å². The molecule has 22 heavy (non-hydrogen) atoms. The van der Waals surface area contributed by atoms with Crippen LogP contribution in [0.25, 0.3) is 0 Å². The number of amides is 2. The predicted octanol–water partition coefficient (Wildman–Crippen LogP) is 1.27. The number of nitrogens with two attached hydrogens (primary N) is 1. The van der Waals surface area contributed by atoms with Crippen molar-refractivity contribution in [3.8, 4) is 0 Å². The van der Waals surface area contributed by atoms with Crippen LogP contribution >= 0.6 is 0 Å². The van der Waals surface area contributed by atoms with Gasteiger partial charge in [-0.25, -0.2) is 0 Å². The largest absolute Gasteiger partial charge is 0.467 e. The number of benzene rings is 1. The van der Waals surface area contributed by atoms with Crippen LogP contribution in [0.2, 0.25) is 0 Å². The van der Waals surface area contributed by atoms with E-state index in [0.29, 0.717) is 24.3 Å². The summed E-state index contributed by atoms with van der Waals surface area (Å²) in [6.45, 7) is 0.824. The Morgan fingerprint density at radius 3 is 2.82 bits per heavy atom. The fourth-order valence-corrected chi connectivity index (χ4v) is 2.53. The standard InChI is InChI=1S/C16H17N3O3/c17-9-13-8-11(10-22-13)15(20)18-14-6-7-19(16(14)21)12-4-2-1-3-5-12/h1-5,8,10,14H,6-7,9,17H2,(H,18,20). The molecule has 3 N–H and O–H groups in total. The number of furan rings is 1. The fourth-order valence-electron chi connectivity index (χ4n) is 2.53. The summed E-state index contributed by atoms with van der Waals surface area (Å²) in [6, 6.07) is 10.5. The molecular formula is C16H17N3O3. The molecule has 6 heteroatoms. The Bertz CT molecular complexity index is 681. The molecule has 0 spiro atoms. The van der Waals surface area contributed by atoms with Gasteiger partial charge < -0.3 is 20.4 Å². The Balaban J connectivity index is 1.67. The van der Waals surface area contributed by atoms with Crippen LogP contribution < -0.4 is 16.0 Å². The molecule has 6 nitrogen and oxygen atoms in total. The van der Waals surface area contributed by atoms with Gasteiger partial charge in [-0.2, -0.15) is 0 Å². The molecule has 1 unspecified atom stereocenters. The van der Waals surface area contributed by atoms with Crippen molar-refractivity contribution in [1.29, 1.82) is 0 Å². The van der Waals surface area contributed by atoms with Gasteiger partial charge in [0.1, 0.15) is 18.1 Å². The summed E-state index contributed by atoms with van der Waals surface area (Å²) in [4.78, 5) is 26.2. The molecule has 0 aliphatic carbocycles. The fraction of sp³-hybridized carbons (Fsp3) is 0.250. The maximum Gasteiger partial charge on any atom is 0.255 e. The van der Waals surface area contributed by atoms with Crippen molar-refractivity contribution < 1.29 is 14.0 Å². The molecule has 2 aromatic rings. The normalized spacial score (nSPS) is 17.8. The number of nitrogens with one attached hydrogen (secondary N) is 1. The van der Waals surface area contributed by atoms with Crippen LogP contribution in [-0.2, 0) is 11.3 Å². The second kappa shape index (κ2) is 6.03. The van der Waals surface area contributed by atoms with E-state index in [-0.39, 0.29) is 18.4 Å². The lowest BCUT2D eigenvalue weighted by atomic mass is 10.2. The van der Waals surface area contributed by atoms with E-state index in [0.717, 1.165) is 5.69 Å². The van der Waals surface area contributed by atoms with Gasteiger partial charge in [0.05, 0.1) is 12.1 Å². The molecule has 114 valence electrons. The second-order valence-electron chi connectivity index (χ2n) is 5.15. The minimum Gasteiger partial charge on any atom is -0.467 e. The van der Waals surface area contributed by atoms with E-state index in [1.165, 1.54) is 6.26 Å². The van der Waals surface area contributed by atoms with Crippen molar-refractivity contribution in [1.82, 2.24) is 5.32 Å². The number of rotatable bonds is 4. The molecule has 0 bridgehead atoms. The topological polar surface area (TPSA) is 88.6 Å². The molecule has 1 atom stereocenters. The number of hydrogen-bond donors (Lipinski definition) is 2. The number of nitrogens with zero attached hydrogens (tertiary/aromatic N) is 1. The Morgan fingerprint density at radius 2 is 2.14 bits per heavy atom. The zero-order valence-corrected chi connectivity index (χ0v) is 12.0. The first kappa shape index (κ1) is 14.3. The van der Waals surface area contributed by atoms with Crippen molar-refractivity contribution in [3.63, 3.8) is 0 Å². The molecule has 1 aliphatic rings. The molecule has 0 saturated carbocycles. The third-order valence-electron chi connectivity index (χ3n) is 3.70. The maximum atomic E-state index is 12.4. The van der Waals surface area contributed by atoms with E-state index in [4.69, 9.17) is 10.2 Å². The van der Waals surface area contributed by atoms with Crippen LogP contribution in [0.1, 0.15) is 22.5 Å². The summed E-state index contributed by atoms with van der Waals surface area (Å²) in [7, 11) is 0. The van der Waals surface area contributed by atoms with Crippen LogP contribution in [0.4, 0.5) is 5.69 Å². The van der Waals surface area contributed by atoms with Crippen LogP contribution in [0.5, 0.6) is 0 Å². The molecule has 2 heterocycles. The lowest BCUT2D eigenvalue weighted by molar-refractivity contribution is -0.118. The van der Waals surface area contributed by atoms with E-state index in [1.807, 2.05) is 30.3 Å². The minimum absolute atomic E-state index is 0.0953. The summed E-state index contributed by atoms with van der Waals surface area (Å²) in [5.41, 5.74) is 6.67. The zero-order valence-electron chi connectivity index (χ0n) is 12.0. The molecule has 1 saturated heterocycles. The molecule has 1 aromatic heterocycles. The van der Waals surface area contributed by atoms with Gasteiger partial charge >= 0.3 is 0 Å². The second-order valence-corrected chi connectivity index (χ2v) is 5.15. The molecule has 1 aromatic carbocycles. The number of para-hydroxylation sites is 1. The summed E-state index contributed by atoms with van der Waals surface area (Å²) < 4.78 is 5.14. The smallest absolute Gasteiger partial charge is 0.255 e. The van der Waals surface area contributed by atoms with Crippen molar-refractivity contribution in [2.24, 2.45) is 5.73 Å². The Labute approximate surface area is 127 Å². The monoisotopic (exact) mass is 299 g/mol. The van der Waals surface area contributed by atoms with Gasteiger partial charge in [-0.05, 0) is 24.6 Å². The highest BCUT2D eigenvalue weighted by atomic mass is 16.3. The molecule has 3 rings (SSSR count). The van der Waals surface area contributed by atoms with Crippen molar-refractivity contribution >= 4 is 17.5 Å². The maximum absolute atomic E-state index is 12.4. The van der Waals surface area contributed by atoms with Gasteiger partial charge in [0, 0.05) is 12.2 Å². The van der Waals surface area contributed by atoms with Gasteiger partial charge in [-0.15, -0.1) is 0 Å². The quantitative estimate of drug-likeness (QED) is 0.890. The first-order chi connectivity index (χ1) is 10.7. The van der Waals surface area contributed by atoms with Gasteiger partial charge in [-0.3, -0.25) is 9.59 Å². The lowest BCUT2D eigenvalue weighted by Crippen LogP contribution is -2.41. The molecule has 0 radical (unpaired) electrons. The van der Waals surface area contributed by atoms with E-state index in [2.05, 4.69) is 5.32 Å². The Kier molecular flexibility index (Phi) is 3.93. The highest BCUT2D eigenvalue weighted by Gasteiger charge is 2.33. The minimum atomic E-state index is -0.510.